The van der Waals surface area contributed by atoms with E-state index in [1.165, 1.54) is 31.1 Å². The van der Waals surface area contributed by atoms with Crippen molar-refractivity contribution in [1.29, 1.82) is 0 Å². The van der Waals surface area contributed by atoms with Crippen LogP contribution in [-0.2, 0) is 0 Å². The molecule has 2 bridgehead atoms. The molecule has 0 aromatic rings. The second-order valence-electron chi connectivity index (χ2n) is 9.79. The van der Waals surface area contributed by atoms with Crippen LogP contribution in [0.3, 0.4) is 0 Å². The number of fused-ring (bicyclic) bond motifs is 5. The molecule has 0 saturated heterocycles. The highest BCUT2D eigenvalue weighted by Gasteiger charge is 2.54. The third-order valence-corrected chi connectivity index (χ3v) is 8.59. The zero-order valence-corrected chi connectivity index (χ0v) is 15.1. The van der Waals surface area contributed by atoms with Crippen LogP contribution in [0.4, 0.5) is 0 Å². The zero-order chi connectivity index (χ0) is 15.1. The van der Waals surface area contributed by atoms with Gasteiger partial charge in [0.2, 0.25) is 0 Å². The Hall–Kier alpha value is 0. The lowest BCUT2D eigenvalue weighted by Gasteiger charge is -2.30. The largest absolute Gasteiger partial charge is 0.0651 e. The molecule has 4 aliphatic rings. The summed E-state index contributed by atoms with van der Waals surface area (Å²) in [4.78, 5) is 0. The van der Waals surface area contributed by atoms with Crippen molar-refractivity contribution in [3.63, 3.8) is 0 Å². The summed E-state index contributed by atoms with van der Waals surface area (Å²) in [7, 11) is 0. The maximum Gasteiger partial charge on any atom is -0.0349 e. The van der Waals surface area contributed by atoms with Gasteiger partial charge in [-0.15, -0.1) is 0 Å². The summed E-state index contributed by atoms with van der Waals surface area (Å²) >= 11 is 0. The molecule has 126 valence electrons. The molecule has 4 rings (SSSR count). The van der Waals surface area contributed by atoms with Gasteiger partial charge in [0.15, 0.2) is 0 Å². The van der Waals surface area contributed by atoms with Gasteiger partial charge >= 0.3 is 0 Å². The average molecular weight is 303 g/mol. The van der Waals surface area contributed by atoms with Crippen LogP contribution in [0.25, 0.3) is 0 Å². The van der Waals surface area contributed by atoms with Crippen LogP contribution in [-0.4, -0.2) is 0 Å². The van der Waals surface area contributed by atoms with E-state index in [1.807, 2.05) is 0 Å². The summed E-state index contributed by atoms with van der Waals surface area (Å²) in [5.41, 5.74) is 0. The van der Waals surface area contributed by atoms with Crippen molar-refractivity contribution >= 4 is 0 Å². The van der Waals surface area contributed by atoms with E-state index in [0.29, 0.717) is 0 Å². The first-order chi connectivity index (χ1) is 10.7. The first-order valence-corrected chi connectivity index (χ1v) is 10.7. The Labute approximate surface area is 138 Å². The van der Waals surface area contributed by atoms with E-state index in [1.54, 1.807) is 57.8 Å². The van der Waals surface area contributed by atoms with Gasteiger partial charge in [0.1, 0.15) is 0 Å². The fourth-order valence-corrected chi connectivity index (χ4v) is 7.34. The molecule has 4 aliphatic carbocycles. The summed E-state index contributed by atoms with van der Waals surface area (Å²) in [6, 6.07) is 0. The lowest BCUT2D eigenvalue weighted by Crippen LogP contribution is -2.23. The van der Waals surface area contributed by atoms with E-state index in [0.717, 1.165) is 35.5 Å². The van der Waals surface area contributed by atoms with Gasteiger partial charge in [-0.1, -0.05) is 65.2 Å². The Morgan fingerprint density at radius 1 is 0.727 bits per heavy atom. The lowest BCUT2D eigenvalue weighted by atomic mass is 9.75. The molecule has 4 saturated carbocycles. The van der Waals surface area contributed by atoms with Gasteiger partial charge in [0.05, 0.1) is 0 Å². The quantitative estimate of drug-likeness (QED) is 0.530. The van der Waals surface area contributed by atoms with Crippen LogP contribution in [0.2, 0.25) is 0 Å². The molecule has 0 heterocycles. The maximum absolute atomic E-state index is 2.45. The SMILES string of the molecule is CCC1CC2CC1C1CC(CCCC3CCC(C)CC3)CC21. The average Bonchev–Trinajstić information content (AvgIpc) is 3.19. The Bertz CT molecular complexity index is 362. The van der Waals surface area contributed by atoms with Gasteiger partial charge in [0, 0.05) is 0 Å². The van der Waals surface area contributed by atoms with E-state index >= 15 is 0 Å². The molecule has 0 heteroatoms. The minimum Gasteiger partial charge on any atom is -0.0651 e. The molecule has 0 aromatic carbocycles. The number of hydrogen-bond donors (Lipinski definition) is 0. The summed E-state index contributed by atoms with van der Waals surface area (Å²) < 4.78 is 0. The molecule has 22 heavy (non-hydrogen) atoms. The summed E-state index contributed by atoms with van der Waals surface area (Å²) in [6.45, 7) is 4.89. The van der Waals surface area contributed by atoms with Crippen molar-refractivity contribution in [3.05, 3.63) is 0 Å². The lowest BCUT2D eigenvalue weighted by molar-refractivity contribution is 0.185. The Morgan fingerprint density at radius 3 is 2.23 bits per heavy atom. The molecule has 0 N–H and O–H groups in total. The molecule has 4 fully saturated rings. The van der Waals surface area contributed by atoms with E-state index in [9.17, 15) is 0 Å². The topological polar surface area (TPSA) is 0 Å². The van der Waals surface area contributed by atoms with Crippen molar-refractivity contribution in [2.75, 3.05) is 0 Å². The highest BCUT2D eigenvalue weighted by atomic mass is 14.6. The normalized spacial score (nSPS) is 50.5. The van der Waals surface area contributed by atoms with Crippen LogP contribution in [0.1, 0.15) is 90.9 Å². The number of rotatable bonds is 5. The minimum absolute atomic E-state index is 1.02. The second kappa shape index (κ2) is 6.48. The Kier molecular flexibility index (Phi) is 4.57. The molecule has 6 unspecified atom stereocenters. The van der Waals surface area contributed by atoms with Gasteiger partial charge in [-0.25, -0.2) is 0 Å². The van der Waals surface area contributed by atoms with E-state index in [2.05, 4.69) is 13.8 Å². The van der Waals surface area contributed by atoms with Crippen LogP contribution in [0.15, 0.2) is 0 Å². The van der Waals surface area contributed by atoms with Crippen LogP contribution >= 0.6 is 0 Å². The monoisotopic (exact) mass is 302 g/mol. The predicted molar refractivity (Wildman–Crippen MR) is 94.7 cm³/mol. The van der Waals surface area contributed by atoms with Crippen molar-refractivity contribution in [2.24, 2.45) is 47.3 Å². The van der Waals surface area contributed by atoms with Crippen molar-refractivity contribution in [3.8, 4) is 0 Å². The standard InChI is InChI=1S/C22H38/c1-3-18-13-19-14-21(18)22-12-17(11-20(19)22)6-4-5-16-9-7-15(2)8-10-16/h15-22H,3-14H2,1-2H3. The smallest absolute Gasteiger partial charge is 0.0349 e. The van der Waals surface area contributed by atoms with Gasteiger partial charge in [0.25, 0.3) is 0 Å². The van der Waals surface area contributed by atoms with Crippen molar-refractivity contribution in [2.45, 2.75) is 90.9 Å². The first kappa shape index (κ1) is 15.5. The number of hydrogen-bond acceptors (Lipinski definition) is 0. The second-order valence-corrected chi connectivity index (χ2v) is 9.79. The van der Waals surface area contributed by atoms with Crippen LogP contribution in [0.5, 0.6) is 0 Å². The minimum atomic E-state index is 1.02. The van der Waals surface area contributed by atoms with Crippen molar-refractivity contribution in [1.82, 2.24) is 0 Å². The summed E-state index contributed by atoms with van der Waals surface area (Å²) in [5, 5.41) is 0. The van der Waals surface area contributed by atoms with E-state index in [-0.39, 0.29) is 0 Å². The van der Waals surface area contributed by atoms with Crippen LogP contribution < -0.4 is 0 Å². The fourth-order valence-electron chi connectivity index (χ4n) is 7.34. The first-order valence-electron chi connectivity index (χ1n) is 10.7. The molecule has 0 radical (unpaired) electrons. The van der Waals surface area contributed by atoms with Gasteiger partial charge in [-0.3, -0.25) is 0 Å². The third-order valence-electron chi connectivity index (χ3n) is 8.59. The summed E-state index contributed by atoms with van der Waals surface area (Å²) in [6.07, 6.45) is 18.8. The molecular formula is C22H38. The molecular weight excluding hydrogens is 264 g/mol. The molecule has 0 nitrogen and oxygen atoms in total. The van der Waals surface area contributed by atoms with E-state index in [4.69, 9.17) is 0 Å². The molecule has 0 aromatic heterocycles. The van der Waals surface area contributed by atoms with Crippen molar-refractivity contribution < 1.29 is 0 Å². The Balaban J connectivity index is 1.20. The van der Waals surface area contributed by atoms with Gasteiger partial charge in [-0.05, 0) is 73.0 Å². The van der Waals surface area contributed by atoms with E-state index < -0.39 is 0 Å². The zero-order valence-electron chi connectivity index (χ0n) is 15.1. The molecule has 0 aliphatic heterocycles. The fraction of sp³-hybridized carbons (Fsp3) is 1.00. The molecule has 0 amide bonds. The maximum atomic E-state index is 2.45. The Morgan fingerprint density at radius 2 is 1.45 bits per heavy atom. The predicted octanol–water partition coefficient (Wildman–Crippen LogP) is 6.69. The summed E-state index contributed by atoms with van der Waals surface area (Å²) in [5.74, 6) is 9.02. The third kappa shape index (κ3) is 2.89. The van der Waals surface area contributed by atoms with Gasteiger partial charge in [-0.2, -0.15) is 0 Å². The van der Waals surface area contributed by atoms with Crippen LogP contribution in [0, 0.1) is 47.3 Å². The highest BCUT2D eigenvalue weighted by Crippen LogP contribution is 2.63. The molecule has 6 atom stereocenters. The highest BCUT2D eigenvalue weighted by molar-refractivity contribution is 5.04. The van der Waals surface area contributed by atoms with Gasteiger partial charge < -0.3 is 0 Å². The molecule has 0 spiro atoms.